The van der Waals surface area contributed by atoms with E-state index in [0.717, 1.165) is 29.6 Å². The van der Waals surface area contributed by atoms with E-state index in [4.69, 9.17) is 23.2 Å². The lowest BCUT2D eigenvalue weighted by Crippen LogP contribution is -2.16. The van der Waals surface area contributed by atoms with Crippen molar-refractivity contribution in [2.75, 3.05) is 13.6 Å². The Kier molecular flexibility index (Phi) is 5.45. The van der Waals surface area contributed by atoms with Gasteiger partial charge in [-0.2, -0.15) is 0 Å². The molecule has 0 atom stereocenters. The molecule has 0 saturated heterocycles. The van der Waals surface area contributed by atoms with Crippen LogP contribution in [0.25, 0.3) is 0 Å². The van der Waals surface area contributed by atoms with Gasteiger partial charge in [0, 0.05) is 12.3 Å². The molecule has 0 unspecified atom stereocenters. The number of tetrazole rings is 1. The number of nitrogens with one attached hydrogen (secondary N) is 1. The maximum atomic E-state index is 5.98. The maximum absolute atomic E-state index is 5.98. The second kappa shape index (κ2) is 7.09. The normalized spacial score (nSPS) is 10.9. The minimum atomic E-state index is 0.564. The third kappa shape index (κ3) is 4.07. The summed E-state index contributed by atoms with van der Waals surface area (Å²) in [6.45, 7) is 1.57. The molecule has 0 radical (unpaired) electrons. The van der Waals surface area contributed by atoms with Gasteiger partial charge in [-0.15, -0.1) is 5.10 Å². The van der Waals surface area contributed by atoms with Crippen LogP contribution in [0.15, 0.2) is 23.4 Å². The van der Waals surface area contributed by atoms with Gasteiger partial charge in [0.1, 0.15) is 0 Å². The van der Waals surface area contributed by atoms with Crippen LogP contribution in [0, 0.1) is 0 Å². The van der Waals surface area contributed by atoms with E-state index in [-0.39, 0.29) is 0 Å². The van der Waals surface area contributed by atoms with E-state index in [0.29, 0.717) is 10.0 Å². The van der Waals surface area contributed by atoms with Crippen molar-refractivity contribution in [2.24, 2.45) is 0 Å². The highest BCUT2D eigenvalue weighted by Crippen LogP contribution is 2.26. The lowest BCUT2D eigenvalue weighted by atomic mass is 10.2. The Morgan fingerprint density at radius 2 is 2.16 bits per heavy atom. The van der Waals surface area contributed by atoms with Crippen LogP contribution >= 0.6 is 35.0 Å². The Hall–Kier alpha value is -0.820. The van der Waals surface area contributed by atoms with Crippen LogP contribution in [0.4, 0.5) is 0 Å². The Bertz CT molecular complexity index is 546. The van der Waals surface area contributed by atoms with Crippen molar-refractivity contribution >= 4 is 35.0 Å². The van der Waals surface area contributed by atoms with Crippen molar-refractivity contribution < 1.29 is 0 Å². The molecule has 1 aromatic carbocycles. The summed E-state index contributed by atoms with van der Waals surface area (Å²) in [6.07, 6.45) is 0. The molecule has 0 fully saturated rings. The summed E-state index contributed by atoms with van der Waals surface area (Å²) >= 11 is 13.4. The second-order valence-corrected chi connectivity index (χ2v) is 5.58. The van der Waals surface area contributed by atoms with E-state index < -0.39 is 0 Å². The number of thioether (sulfide) groups is 1. The standard InChI is InChI=1S/C11H13Cl2N5S/c1-14-4-5-18-11(15-16-17-18)19-7-8-2-3-9(12)10(13)6-8/h2-3,6,14H,4-5,7H2,1H3. The molecule has 0 amide bonds. The van der Waals surface area contributed by atoms with Crippen molar-refractivity contribution in [2.45, 2.75) is 17.5 Å². The number of nitrogens with zero attached hydrogens (tertiary/aromatic N) is 4. The topological polar surface area (TPSA) is 55.6 Å². The number of hydrogen-bond acceptors (Lipinski definition) is 5. The Balaban J connectivity index is 1.98. The van der Waals surface area contributed by atoms with Gasteiger partial charge in [-0.05, 0) is 35.2 Å². The lowest BCUT2D eigenvalue weighted by molar-refractivity contribution is 0.530. The van der Waals surface area contributed by atoms with Crippen LogP contribution in [-0.4, -0.2) is 33.8 Å². The molecule has 1 aromatic heterocycles. The second-order valence-electron chi connectivity index (χ2n) is 3.83. The first-order chi connectivity index (χ1) is 9.20. The fourth-order valence-electron chi connectivity index (χ4n) is 1.44. The summed E-state index contributed by atoms with van der Waals surface area (Å²) in [6, 6.07) is 5.60. The zero-order valence-corrected chi connectivity index (χ0v) is 12.6. The van der Waals surface area contributed by atoms with E-state index in [2.05, 4.69) is 20.8 Å². The van der Waals surface area contributed by atoms with Crippen LogP contribution < -0.4 is 5.32 Å². The van der Waals surface area contributed by atoms with E-state index in [1.54, 1.807) is 22.5 Å². The van der Waals surface area contributed by atoms with Crippen molar-refractivity contribution in [3.63, 3.8) is 0 Å². The van der Waals surface area contributed by atoms with Crippen molar-refractivity contribution in [3.05, 3.63) is 33.8 Å². The van der Waals surface area contributed by atoms with Gasteiger partial charge < -0.3 is 5.32 Å². The fourth-order valence-corrected chi connectivity index (χ4v) is 2.60. The summed E-state index contributed by atoms with van der Waals surface area (Å²) in [5.74, 6) is 0.747. The van der Waals surface area contributed by atoms with E-state index in [1.807, 2.05) is 19.2 Å². The Morgan fingerprint density at radius 3 is 2.89 bits per heavy atom. The van der Waals surface area contributed by atoms with Crippen molar-refractivity contribution in [1.82, 2.24) is 25.5 Å². The van der Waals surface area contributed by atoms with E-state index in [9.17, 15) is 0 Å². The minimum absolute atomic E-state index is 0.564. The quantitative estimate of drug-likeness (QED) is 0.829. The summed E-state index contributed by atoms with van der Waals surface area (Å²) in [5.41, 5.74) is 1.09. The zero-order valence-electron chi connectivity index (χ0n) is 10.3. The largest absolute Gasteiger partial charge is 0.318 e. The fraction of sp³-hybridized carbons (Fsp3) is 0.364. The molecule has 0 spiro atoms. The Labute approximate surface area is 125 Å². The first-order valence-corrected chi connectivity index (χ1v) is 7.42. The van der Waals surface area contributed by atoms with Gasteiger partial charge >= 0.3 is 0 Å². The monoisotopic (exact) mass is 317 g/mol. The predicted molar refractivity (Wildman–Crippen MR) is 77.8 cm³/mol. The van der Waals surface area contributed by atoms with Gasteiger partial charge in [0.05, 0.1) is 16.6 Å². The molecular weight excluding hydrogens is 305 g/mol. The average Bonchev–Trinajstić information content (AvgIpc) is 2.85. The molecule has 2 rings (SSSR count). The molecule has 5 nitrogen and oxygen atoms in total. The molecule has 0 bridgehead atoms. The molecule has 0 aliphatic heterocycles. The molecular formula is C11H13Cl2N5S. The first-order valence-electron chi connectivity index (χ1n) is 5.68. The number of hydrogen-bond donors (Lipinski definition) is 1. The summed E-state index contributed by atoms with van der Waals surface area (Å²) in [5, 5.41) is 16.6. The highest BCUT2D eigenvalue weighted by Gasteiger charge is 2.07. The van der Waals surface area contributed by atoms with Crippen molar-refractivity contribution in [3.8, 4) is 0 Å². The van der Waals surface area contributed by atoms with Gasteiger partial charge in [0.25, 0.3) is 0 Å². The predicted octanol–water partition coefficient (Wildman–Crippen LogP) is 2.49. The average molecular weight is 318 g/mol. The molecule has 102 valence electrons. The highest BCUT2D eigenvalue weighted by atomic mass is 35.5. The summed E-state index contributed by atoms with van der Waals surface area (Å²) < 4.78 is 1.78. The molecule has 2 aromatic rings. The summed E-state index contributed by atoms with van der Waals surface area (Å²) in [4.78, 5) is 0. The summed E-state index contributed by atoms with van der Waals surface area (Å²) in [7, 11) is 1.90. The van der Waals surface area contributed by atoms with Crippen LogP contribution in [0.3, 0.4) is 0 Å². The number of rotatable bonds is 6. The van der Waals surface area contributed by atoms with E-state index >= 15 is 0 Å². The minimum Gasteiger partial charge on any atom is -0.318 e. The van der Waals surface area contributed by atoms with Crippen LogP contribution in [0.2, 0.25) is 10.0 Å². The van der Waals surface area contributed by atoms with Gasteiger partial charge in [0.2, 0.25) is 5.16 Å². The van der Waals surface area contributed by atoms with Gasteiger partial charge in [-0.1, -0.05) is 41.0 Å². The van der Waals surface area contributed by atoms with Crippen LogP contribution in [-0.2, 0) is 12.3 Å². The number of halogens is 2. The van der Waals surface area contributed by atoms with Crippen molar-refractivity contribution in [1.29, 1.82) is 0 Å². The Morgan fingerprint density at radius 1 is 1.32 bits per heavy atom. The number of aromatic nitrogens is 4. The van der Waals surface area contributed by atoms with Crippen LogP contribution in [0.1, 0.15) is 5.56 Å². The van der Waals surface area contributed by atoms with Gasteiger partial charge in [0.15, 0.2) is 0 Å². The molecule has 1 N–H and O–H groups in total. The molecule has 0 aliphatic rings. The molecule has 1 heterocycles. The third-order valence-corrected chi connectivity index (χ3v) is 4.19. The highest BCUT2D eigenvalue weighted by molar-refractivity contribution is 7.98. The van der Waals surface area contributed by atoms with Gasteiger partial charge in [-0.25, -0.2) is 4.68 Å². The molecule has 19 heavy (non-hydrogen) atoms. The van der Waals surface area contributed by atoms with Crippen LogP contribution in [0.5, 0.6) is 0 Å². The molecule has 8 heteroatoms. The number of likely N-dealkylation sites (N-methyl/N-ethyl adjacent to an activating group) is 1. The SMILES string of the molecule is CNCCn1nnnc1SCc1ccc(Cl)c(Cl)c1. The number of benzene rings is 1. The smallest absolute Gasteiger partial charge is 0.209 e. The lowest BCUT2D eigenvalue weighted by Gasteiger charge is -2.04. The molecule has 0 aliphatic carbocycles. The molecule has 0 saturated carbocycles. The van der Waals surface area contributed by atoms with E-state index in [1.165, 1.54) is 0 Å². The van der Waals surface area contributed by atoms with Gasteiger partial charge in [-0.3, -0.25) is 0 Å². The zero-order chi connectivity index (χ0) is 13.7. The first kappa shape index (κ1) is 14.6. The third-order valence-electron chi connectivity index (χ3n) is 2.42. The maximum Gasteiger partial charge on any atom is 0.209 e.